The molecule has 0 saturated heterocycles. The van der Waals surface area contributed by atoms with Gasteiger partial charge in [-0.05, 0) is 42.5 Å². The standard InChI is InChI=1S/C22H22N2O4/c1-27-20(25)16-13-14-22(21(26)28-2,24-18-11-7-4-8-12-18)19(15-16)23-17-9-5-3-6-10-17/h3-15,19,23-24H,1-2H3. The molecule has 0 heterocycles. The molecule has 6 heteroatoms. The highest BCUT2D eigenvalue weighted by atomic mass is 16.5. The molecule has 6 nitrogen and oxygen atoms in total. The molecule has 2 N–H and O–H groups in total. The van der Waals surface area contributed by atoms with Gasteiger partial charge in [0.2, 0.25) is 0 Å². The van der Waals surface area contributed by atoms with Gasteiger partial charge in [0.1, 0.15) is 0 Å². The van der Waals surface area contributed by atoms with Gasteiger partial charge in [-0.2, -0.15) is 0 Å². The van der Waals surface area contributed by atoms with Crippen LogP contribution >= 0.6 is 0 Å². The van der Waals surface area contributed by atoms with E-state index in [1.54, 1.807) is 18.2 Å². The number of carbonyl (C=O) groups is 2. The second-order valence-electron chi connectivity index (χ2n) is 6.29. The lowest BCUT2D eigenvalue weighted by Gasteiger charge is -2.39. The van der Waals surface area contributed by atoms with Gasteiger partial charge in [0, 0.05) is 11.4 Å². The summed E-state index contributed by atoms with van der Waals surface area (Å²) in [5.74, 6) is -0.963. The summed E-state index contributed by atoms with van der Waals surface area (Å²) in [6.45, 7) is 0. The number of hydrogen-bond donors (Lipinski definition) is 2. The Morgan fingerprint density at radius 3 is 2.07 bits per heavy atom. The summed E-state index contributed by atoms with van der Waals surface area (Å²) in [5.41, 5.74) is 0.632. The highest BCUT2D eigenvalue weighted by Gasteiger charge is 2.46. The second-order valence-corrected chi connectivity index (χ2v) is 6.29. The largest absolute Gasteiger partial charge is 0.467 e. The van der Waals surface area contributed by atoms with Crippen LogP contribution < -0.4 is 10.6 Å². The van der Waals surface area contributed by atoms with Crippen LogP contribution in [0, 0.1) is 0 Å². The maximum absolute atomic E-state index is 12.9. The predicted molar refractivity (Wildman–Crippen MR) is 108 cm³/mol. The van der Waals surface area contributed by atoms with Crippen molar-refractivity contribution in [1.82, 2.24) is 0 Å². The number of ether oxygens (including phenoxy) is 2. The Bertz CT molecular complexity index is 893. The first kappa shape index (κ1) is 19.2. The lowest BCUT2D eigenvalue weighted by atomic mass is 9.83. The quantitative estimate of drug-likeness (QED) is 0.752. The van der Waals surface area contributed by atoms with Gasteiger partial charge < -0.3 is 20.1 Å². The third-order valence-electron chi connectivity index (χ3n) is 4.53. The summed E-state index contributed by atoms with van der Waals surface area (Å²) < 4.78 is 9.96. The number of anilines is 2. The fourth-order valence-electron chi connectivity index (χ4n) is 3.11. The number of hydrogen-bond acceptors (Lipinski definition) is 6. The topological polar surface area (TPSA) is 76.7 Å². The number of benzene rings is 2. The van der Waals surface area contributed by atoms with Gasteiger partial charge in [-0.15, -0.1) is 0 Å². The fraction of sp³-hybridized carbons (Fsp3) is 0.182. The van der Waals surface area contributed by atoms with Crippen molar-refractivity contribution in [3.05, 3.63) is 84.5 Å². The Morgan fingerprint density at radius 2 is 1.50 bits per heavy atom. The summed E-state index contributed by atoms with van der Waals surface area (Å²) in [6.07, 6.45) is 4.88. The first-order chi connectivity index (χ1) is 13.6. The molecule has 0 saturated carbocycles. The summed E-state index contributed by atoms with van der Waals surface area (Å²) in [7, 11) is 2.66. The van der Waals surface area contributed by atoms with Crippen LogP contribution in [0.3, 0.4) is 0 Å². The molecule has 3 rings (SSSR count). The third kappa shape index (κ3) is 3.91. The van der Waals surface area contributed by atoms with E-state index in [-0.39, 0.29) is 0 Å². The Morgan fingerprint density at radius 1 is 0.893 bits per heavy atom. The lowest BCUT2D eigenvalue weighted by molar-refractivity contribution is -0.144. The smallest absolute Gasteiger partial charge is 0.338 e. The average molecular weight is 378 g/mol. The monoisotopic (exact) mass is 378 g/mol. The highest BCUT2D eigenvalue weighted by molar-refractivity contribution is 5.96. The van der Waals surface area contributed by atoms with E-state index in [2.05, 4.69) is 10.6 Å². The van der Waals surface area contributed by atoms with Crippen molar-refractivity contribution >= 4 is 23.3 Å². The molecular formula is C22H22N2O4. The molecule has 2 aromatic carbocycles. The van der Waals surface area contributed by atoms with E-state index < -0.39 is 23.5 Å². The molecule has 28 heavy (non-hydrogen) atoms. The number of esters is 2. The normalized spacial score (nSPS) is 20.6. The molecule has 2 aromatic rings. The van der Waals surface area contributed by atoms with E-state index in [1.165, 1.54) is 14.2 Å². The van der Waals surface area contributed by atoms with E-state index >= 15 is 0 Å². The SMILES string of the molecule is COC(=O)C1=CC(Nc2ccccc2)C(Nc2ccccc2)(C(=O)OC)C=C1. The molecule has 0 aliphatic heterocycles. The van der Waals surface area contributed by atoms with Crippen LogP contribution in [0.4, 0.5) is 11.4 Å². The van der Waals surface area contributed by atoms with Crippen LogP contribution in [-0.4, -0.2) is 37.7 Å². The van der Waals surface area contributed by atoms with Crippen molar-refractivity contribution < 1.29 is 19.1 Å². The molecule has 2 atom stereocenters. The van der Waals surface area contributed by atoms with E-state index in [4.69, 9.17) is 9.47 Å². The average Bonchev–Trinajstić information content (AvgIpc) is 2.75. The van der Waals surface area contributed by atoms with Crippen LogP contribution in [0.5, 0.6) is 0 Å². The molecule has 0 bridgehead atoms. The summed E-state index contributed by atoms with van der Waals surface area (Å²) in [5, 5.41) is 6.59. The van der Waals surface area contributed by atoms with Crippen LogP contribution in [0.2, 0.25) is 0 Å². The van der Waals surface area contributed by atoms with Crippen molar-refractivity contribution in [3.8, 4) is 0 Å². The first-order valence-electron chi connectivity index (χ1n) is 8.81. The minimum absolute atomic E-state index is 0.352. The van der Waals surface area contributed by atoms with E-state index in [1.807, 2.05) is 60.7 Å². The van der Waals surface area contributed by atoms with Gasteiger partial charge in [-0.25, -0.2) is 9.59 Å². The molecule has 2 unspecified atom stereocenters. The van der Waals surface area contributed by atoms with Gasteiger partial charge in [0.25, 0.3) is 0 Å². The molecule has 0 radical (unpaired) electrons. The number of nitrogens with one attached hydrogen (secondary N) is 2. The van der Waals surface area contributed by atoms with Crippen molar-refractivity contribution in [1.29, 1.82) is 0 Å². The van der Waals surface area contributed by atoms with Gasteiger partial charge >= 0.3 is 11.9 Å². The van der Waals surface area contributed by atoms with Crippen molar-refractivity contribution in [2.45, 2.75) is 11.6 Å². The van der Waals surface area contributed by atoms with Gasteiger partial charge in [0.05, 0.1) is 25.8 Å². The fourth-order valence-corrected chi connectivity index (χ4v) is 3.11. The van der Waals surface area contributed by atoms with Crippen LogP contribution in [0.15, 0.2) is 84.5 Å². The number of para-hydroxylation sites is 2. The van der Waals surface area contributed by atoms with Crippen LogP contribution in [0.25, 0.3) is 0 Å². The van der Waals surface area contributed by atoms with Gasteiger partial charge in [-0.3, -0.25) is 0 Å². The zero-order chi connectivity index (χ0) is 20.0. The van der Waals surface area contributed by atoms with Crippen LogP contribution in [0.1, 0.15) is 0 Å². The minimum Gasteiger partial charge on any atom is -0.467 e. The minimum atomic E-state index is -1.26. The van der Waals surface area contributed by atoms with E-state index in [0.29, 0.717) is 5.57 Å². The van der Waals surface area contributed by atoms with Crippen molar-refractivity contribution in [2.24, 2.45) is 0 Å². The molecule has 0 fully saturated rings. The zero-order valence-corrected chi connectivity index (χ0v) is 15.7. The summed E-state index contributed by atoms with van der Waals surface area (Å²) in [6, 6.07) is 18.2. The third-order valence-corrected chi connectivity index (χ3v) is 4.53. The molecule has 1 aliphatic rings. The number of carbonyl (C=O) groups excluding carboxylic acids is 2. The second kappa shape index (κ2) is 8.43. The molecule has 1 aliphatic carbocycles. The molecule has 0 spiro atoms. The highest BCUT2D eigenvalue weighted by Crippen LogP contribution is 2.30. The summed E-state index contributed by atoms with van der Waals surface area (Å²) >= 11 is 0. The van der Waals surface area contributed by atoms with Crippen molar-refractivity contribution in [3.63, 3.8) is 0 Å². The molecule has 0 aromatic heterocycles. The van der Waals surface area contributed by atoms with E-state index in [9.17, 15) is 9.59 Å². The number of methoxy groups -OCH3 is 2. The van der Waals surface area contributed by atoms with Gasteiger partial charge in [-0.1, -0.05) is 36.4 Å². The summed E-state index contributed by atoms with van der Waals surface area (Å²) in [4.78, 5) is 25.0. The Hall–Kier alpha value is -3.54. The molecular weight excluding hydrogens is 356 g/mol. The van der Waals surface area contributed by atoms with Crippen LogP contribution in [-0.2, 0) is 19.1 Å². The molecule has 144 valence electrons. The number of rotatable bonds is 6. The Labute approximate surface area is 163 Å². The maximum atomic E-state index is 12.9. The first-order valence-corrected chi connectivity index (χ1v) is 8.81. The van der Waals surface area contributed by atoms with Gasteiger partial charge in [0.15, 0.2) is 5.54 Å². The Balaban J connectivity index is 2.06. The predicted octanol–water partition coefficient (Wildman–Crippen LogP) is 3.16. The Kier molecular flexibility index (Phi) is 5.79. The van der Waals surface area contributed by atoms with Crippen molar-refractivity contribution in [2.75, 3.05) is 24.9 Å². The maximum Gasteiger partial charge on any atom is 0.338 e. The molecule has 0 amide bonds. The van der Waals surface area contributed by atoms with E-state index in [0.717, 1.165) is 11.4 Å². The zero-order valence-electron chi connectivity index (χ0n) is 15.7. The lowest BCUT2D eigenvalue weighted by Crippen LogP contribution is -2.58.